The van der Waals surface area contributed by atoms with Crippen LogP contribution in [0, 0.1) is 0 Å². The number of carbonyl (C=O) groups excluding carboxylic acids is 2. The van der Waals surface area contributed by atoms with E-state index in [1.54, 1.807) is 12.1 Å². The van der Waals surface area contributed by atoms with E-state index in [1.807, 2.05) is 18.2 Å². The number of hydrogen-bond acceptors (Lipinski definition) is 4. The number of amides is 1. The minimum Gasteiger partial charge on any atom is -0.496 e. The molecule has 0 bridgehead atoms. The van der Waals surface area contributed by atoms with E-state index in [4.69, 9.17) is 4.74 Å². The molecule has 2 aromatic carbocycles. The van der Waals surface area contributed by atoms with Crippen molar-refractivity contribution in [3.63, 3.8) is 0 Å². The smallest absolute Gasteiger partial charge is 0.337 e. The number of nitrogens with one attached hydrogen (secondary N) is 1. The Hall–Kier alpha value is -2.82. The Morgan fingerprint density at radius 2 is 1.71 bits per heavy atom. The molecule has 0 fully saturated rings. The third-order valence-corrected chi connectivity index (χ3v) is 2.90. The molecule has 0 atom stereocenters. The third-order valence-electron chi connectivity index (χ3n) is 2.90. The van der Waals surface area contributed by atoms with Crippen LogP contribution >= 0.6 is 0 Å². The molecule has 0 saturated heterocycles. The number of hydrogen-bond donors (Lipinski definition) is 1. The first-order chi connectivity index (χ1) is 10.2. The van der Waals surface area contributed by atoms with Crippen LogP contribution in [0.1, 0.15) is 20.7 Å². The molecule has 0 unspecified atom stereocenters. The highest BCUT2D eigenvalue weighted by atomic mass is 16.5. The van der Waals surface area contributed by atoms with Gasteiger partial charge in [-0.1, -0.05) is 18.2 Å². The lowest BCUT2D eigenvalue weighted by Crippen LogP contribution is -2.14. The van der Waals surface area contributed by atoms with E-state index in [0.29, 0.717) is 22.6 Å². The molecule has 1 N–H and O–H groups in total. The van der Waals surface area contributed by atoms with Crippen LogP contribution in [0.2, 0.25) is 0 Å². The predicted octanol–water partition coefficient (Wildman–Crippen LogP) is 2.73. The molecule has 0 radical (unpaired) electrons. The molecule has 5 nitrogen and oxygen atoms in total. The summed E-state index contributed by atoms with van der Waals surface area (Å²) in [5.41, 5.74) is 1.35. The van der Waals surface area contributed by atoms with Gasteiger partial charge >= 0.3 is 5.97 Å². The molecule has 0 saturated carbocycles. The van der Waals surface area contributed by atoms with Crippen molar-refractivity contribution in [1.29, 1.82) is 0 Å². The Bertz CT molecular complexity index is 653. The van der Waals surface area contributed by atoms with Gasteiger partial charge in [-0.3, -0.25) is 4.79 Å². The largest absolute Gasteiger partial charge is 0.496 e. The van der Waals surface area contributed by atoms with Gasteiger partial charge in [0, 0.05) is 5.69 Å². The maximum Gasteiger partial charge on any atom is 0.337 e. The summed E-state index contributed by atoms with van der Waals surface area (Å²) < 4.78 is 9.81. The minimum atomic E-state index is -0.483. The van der Waals surface area contributed by atoms with Gasteiger partial charge in [-0.2, -0.15) is 0 Å². The number of ether oxygens (including phenoxy) is 2. The summed E-state index contributed by atoms with van der Waals surface area (Å²) in [5, 5.41) is 2.76. The predicted molar refractivity (Wildman–Crippen MR) is 78.7 cm³/mol. The molecule has 21 heavy (non-hydrogen) atoms. The Kier molecular flexibility index (Phi) is 4.56. The molecular weight excluding hydrogens is 270 g/mol. The van der Waals surface area contributed by atoms with Gasteiger partial charge in [0.15, 0.2) is 0 Å². The van der Waals surface area contributed by atoms with Gasteiger partial charge < -0.3 is 14.8 Å². The highest BCUT2D eigenvalue weighted by Gasteiger charge is 2.15. The lowest BCUT2D eigenvalue weighted by atomic mass is 10.1. The molecule has 2 aromatic rings. The fourth-order valence-corrected chi connectivity index (χ4v) is 1.84. The average Bonchev–Trinajstić information content (AvgIpc) is 2.54. The van der Waals surface area contributed by atoms with Gasteiger partial charge in [0.05, 0.1) is 25.3 Å². The van der Waals surface area contributed by atoms with Crippen molar-refractivity contribution in [2.24, 2.45) is 0 Å². The quantitative estimate of drug-likeness (QED) is 0.877. The first-order valence-electron chi connectivity index (χ1n) is 6.28. The summed E-state index contributed by atoms with van der Waals surface area (Å²) in [6.45, 7) is 0. The van der Waals surface area contributed by atoms with Crippen LogP contribution in [0.5, 0.6) is 5.75 Å². The van der Waals surface area contributed by atoms with Crippen LogP contribution in [0.3, 0.4) is 0 Å². The van der Waals surface area contributed by atoms with Gasteiger partial charge in [0.2, 0.25) is 0 Å². The Balaban J connectivity index is 2.26. The fraction of sp³-hybridized carbons (Fsp3) is 0.125. The standard InChI is InChI=1S/C16H15NO4/c1-20-14-10-11(16(19)21-2)8-9-13(14)15(18)17-12-6-4-3-5-7-12/h3-10H,1-2H3,(H,17,18). The van der Waals surface area contributed by atoms with E-state index in [0.717, 1.165) is 0 Å². The molecule has 2 rings (SSSR count). The van der Waals surface area contributed by atoms with Crippen LogP contribution in [-0.4, -0.2) is 26.1 Å². The molecule has 108 valence electrons. The van der Waals surface area contributed by atoms with Crippen molar-refractivity contribution >= 4 is 17.6 Å². The van der Waals surface area contributed by atoms with E-state index in [9.17, 15) is 9.59 Å². The van der Waals surface area contributed by atoms with E-state index in [2.05, 4.69) is 10.1 Å². The van der Waals surface area contributed by atoms with E-state index < -0.39 is 5.97 Å². The van der Waals surface area contributed by atoms with Gasteiger partial charge in [-0.15, -0.1) is 0 Å². The number of carbonyl (C=O) groups is 2. The summed E-state index contributed by atoms with van der Waals surface area (Å²) in [5.74, 6) is -0.482. The Labute approximate surface area is 122 Å². The van der Waals surface area contributed by atoms with Crippen molar-refractivity contribution < 1.29 is 19.1 Å². The van der Waals surface area contributed by atoms with Crippen molar-refractivity contribution in [2.45, 2.75) is 0 Å². The second-order valence-electron chi connectivity index (χ2n) is 4.23. The topological polar surface area (TPSA) is 64.6 Å². The number of methoxy groups -OCH3 is 2. The van der Waals surface area contributed by atoms with E-state index in [-0.39, 0.29) is 5.91 Å². The number of esters is 1. The summed E-state index contributed by atoms with van der Waals surface area (Å²) in [6.07, 6.45) is 0. The van der Waals surface area contributed by atoms with Gasteiger partial charge in [0.25, 0.3) is 5.91 Å². The highest BCUT2D eigenvalue weighted by Crippen LogP contribution is 2.22. The minimum absolute atomic E-state index is 0.311. The molecule has 0 aliphatic heterocycles. The van der Waals surface area contributed by atoms with Gasteiger partial charge in [-0.25, -0.2) is 4.79 Å². The number of rotatable bonds is 4. The second-order valence-corrected chi connectivity index (χ2v) is 4.23. The first-order valence-corrected chi connectivity index (χ1v) is 6.28. The normalized spacial score (nSPS) is 9.81. The van der Waals surface area contributed by atoms with Gasteiger partial charge in [-0.05, 0) is 30.3 Å². The zero-order valence-electron chi connectivity index (χ0n) is 11.8. The van der Waals surface area contributed by atoms with E-state index in [1.165, 1.54) is 32.4 Å². The maximum absolute atomic E-state index is 12.2. The number of benzene rings is 2. The van der Waals surface area contributed by atoms with Crippen molar-refractivity contribution in [3.8, 4) is 5.75 Å². The van der Waals surface area contributed by atoms with Crippen LogP contribution in [0.15, 0.2) is 48.5 Å². The maximum atomic E-state index is 12.2. The van der Waals surface area contributed by atoms with E-state index >= 15 is 0 Å². The summed E-state index contributed by atoms with van der Waals surface area (Å²) in [4.78, 5) is 23.7. The molecule has 0 aliphatic carbocycles. The summed E-state index contributed by atoms with van der Waals surface area (Å²) in [7, 11) is 2.74. The van der Waals surface area contributed by atoms with Crippen molar-refractivity contribution in [1.82, 2.24) is 0 Å². The first kappa shape index (κ1) is 14.6. The monoisotopic (exact) mass is 285 g/mol. The Morgan fingerprint density at radius 1 is 1.00 bits per heavy atom. The highest BCUT2D eigenvalue weighted by molar-refractivity contribution is 6.07. The molecular formula is C16H15NO4. The molecule has 0 spiro atoms. The summed E-state index contributed by atoms with van der Waals surface area (Å²) >= 11 is 0. The van der Waals surface area contributed by atoms with Crippen molar-refractivity contribution in [2.75, 3.05) is 19.5 Å². The molecule has 0 aromatic heterocycles. The molecule has 0 heterocycles. The zero-order valence-corrected chi connectivity index (χ0v) is 11.8. The SMILES string of the molecule is COC(=O)c1ccc(C(=O)Nc2ccccc2)c(OC)c1. The lowest BCUT2D eigenvalue weighted by Gasteiger charge is -2.10. The molecule has 1 amide bonds. The van der Waals surface area contributed by atoms with Crippen LogP contribution in [0.4, 0.5) is 5.69 Å². The lowest BCUT2D eigenvalue weighted by molar-refractivity contribution is 0.0600. The number of para-hydroxylation sites is 1. The van der Waals surface area contributed by atoms with Gasteiger partial charge in [0.1, 0.15) is 5.75 Å². The third kappa shape index (κ3) is 3.39. The second kappa shape index (κ2) is 6.56. The van der Waals surface area contributed by atoms with Crippen LogP contribution < -0.4 is 10.1 Å². The molecule has 0 aliphatic rings. The fourth-order valence-electron chi connectivity index (χ4n) is 1.84. The molecule has 5 heteroatoms. The summed E-state index contributed by atoms with van der Waals surface area (Å²) in [6, 6.07) is 13.6. The number of anilines is 1. The van der Waals surface area contributed by atoms with Crippen LogP contribution in [-0.2, 0) is 4.74 Å². The van der Waals surface area contributed by atoms with Crippen molar-refractivity contribution in [3.05, 3.63) is 59.7 Å². The average molecular weight is 285 g/mol. The van der Waals surface area contributed by atoms with Crippen LogP contribution in [0.25, 0.3) is 0 Å². The Morgan fingerprint density at radius 3 is 2.33 bits per heavy atom. The zero-order chi connectivity index (χ0) is 15.2.